The molecule has 0 unspecified atom stereocenters. The van der Waals surface area contributed by atoms with Crippen LogP contribution < -0.4 is 5.19 Å². The Morgan fingerprint density at radius 3 is 2.14 bits per heavy atom. The molecular formula is C52H50IrN4OSi-2. The number of hydrogen-bond acceptors (Lipinski definition) is 4. The number of benzene rings is 5. The van der Waals surface area contributed by atoms with E-state index in [0.717, 1.165) is 67.8 Å². The van der Waals surface area contributed by atoms with Crippen molar-refractivity contribution in [2.75, 3.05) is 0 Å². The van der Waals surface area contributed by atoms with E-state index in [9.17, 15) is 0 Å². The zero-order chi connectivity index (χ0) is 40.6. The van der Waals surface area contributed by atoms with Crippen LogP contribution in [0.3, 0.4) is 0 Å². The van der Waals surface area contributed by atoms with Gasteiger partial charge in [-0.05, 0) is 70.7 Å². The summed E-state index contributed by atoms with van der Waals surface area (Å²) in [6.07, 6.45) is 3.24. The Hall–Kier alpha value is -5.46. The maximum atomic E-state index is 6.14. The van der Waals surface area contributed by atoms with Crippen molar-refractivity contribution in [3.63, 3.8) is 0 Å². The maximum Gasteiger partial charge on any atom is 0.216 e. The standard InChI is InChI=1S/C34H26N3O.C18H24NSi.Ir/c1-34(2,3)31-20-18-26-27-21-24(15-19-30(27)38-33(26)36-31)32-35-28-11-7-8-12-29(28)37(32)25-16-13-23(14-17-25)22-9-5-4-6-10-22;1-14(2)11-16-12-17(15-9-7-6-8-10-15)19-13-18(16)20(3,4)5;/h4-14,16-21H,1-3H3;6-9,12-14H,11H2,1-5H3;/q2*-1;. The van der Waals surface area contributed by atoms with Crippen LogP contribution in [0.1, 0.15) is 45.9 Å². The van der Waals surface area contributed by atoms with Gasteiger partial charge in [-0.2, -0.15) is 0 Å². The first-order chi connectivity index (χ1) is 27.8. The van der Waals surface area contributed by atoms with Gasteiger partial charge < -0.3 is 14.0 Å². The van der Waals surface area contributed by atoms with E-state index in [0.29, 0.717) is 11.6 Å². The SMILES string of the molecule is CC(C)(C)c1ccc2c(n1)oc1c[c-]c(-c3nc4ccccc4n3-c3ccc(-c4ccccc4)cc3)cc12.CC(C)Cc1cc(-c2[c-]cccc2)ncc1[Si](C)(C)C.[Ir]. The van der Waals surface area contributed by atoms with Gasteiger partial charge >= 0.3 is 0 Å². The smallest absolute Gasteiger partial charge is 0.216 e. The molecule has 4 heterocycles. The van der Waals surface area contributed by atoms with Gasteiger partial charge in [-0.15, -0.1) is 59.7 Å². The molecule has 7 heteroatoms. The summed E-state index contributed by atoms with van der Waals surface area (Å²) in [5.41, 5.74) is 12.3. The third-order valence-electron chi connectivity index (χ3n) is 10.5. The molecule has 5 nitrogen and oxygen atoms in total. The molecule has 59 heavy (non-hydrogen) atoms. The molecule has 5 aromatic carbocycles. The van der Waals surface area contributed by atoms with E-state index in [1.807, 2.05) is 36.4 Å². The van der Waals surface area contributed by atoms with Crippen LogP contribution in [0.5, 0.6) is 0 Å². The summed E-state index contributed by atoms with van der Waals surface area (Å²) in [6, 6.07) is 52.6. The van der Waals surface area contributed by atoms with Gasteiger partial charge in [0.05, 0.1) is 30.5 Å². The predicted molar refractivity (Wildman–Crippen MR) is 245 cm³/mol. The molecule has 9 rings (SSSR count). The summed E-state index contributed by atoms with van der Waals surface area (Å²) in [4.78, 5) is 14.5. The number of rotatable bonds is 7. The Morgan fingerprint density at radius 1 is 0.729 bits per heavy atom. The average Bonchev–Trinajstić information content (AvgIpc) is 3.79. The Balaban J connectivity index is 0.000000214. The molecule has 0 amide bonds. The Bertz CT molecular complexity index is 2850. The van der Waals surface area contributed by atoms with Gasteiger partial charge in [0.1, 0.15) is 0 Å². The zero-order valence-electron chi connectivity index (χ0n) is 35.1. The number of aromatic nitrogens is 4. The summed E-state index contributed by atoms with van der Waals surface area (Å²) >= 11 is 0. The molecule has 299 valence electrons. The first kappa shape index (κ1) is 41.7. The minimum absolute atomic E-state index is 0. The minimum Gasteiger partial charge on any atom is -0.486 e. The van der Waals surface area contributed by atoms with Crippen LogP contribution in [-0.2, 0) is 31.9 Å². The van der Waals surface area contributed by atoms with Gasteiger partial charge in [-0.3, -0.25) is 4.98 Å². The average molecular weight is 967 g/mol. The van der Waals surface area contributed by atoms with E-state index in [1.165, 1.54) is 21.9 Å². The van der Waals surface area contributed by atoms with E-state index in [4.69, 9.17) is 14.4 Å². The van der Waals surface area contributed by atoms with Crippen LogP contribution in [0.25, 0.3) is 72.6 Å². The van der Waals surface area contributed by atoms with E-state index in [-0.39, 0.29) is 25.5 Å². The van der Waals surface area contributed by atoms with Gasteiger partial charge in [0.2, 0.25) is 5.71 Å². The largest absolute Gasteiger partial charge is 0.486 e. The van der Waals surface area contributed by atoms with Crippen molar-refractivity contribution in [1.82, 2.24) is 19.5 Å². The molecule has 0 bridgehead atoms. The predicted octanol–water partition coefficient (Wildman–Crippen LogP) is 13.0. The van der Waals surface area contributed by atoms with E-state index in [2.05, 4.69) is 179 Å². The molecule has 0 saturated carbocycles. The van der Waals surface area contributed by atoms with Crippen molar-refractivity contribution in [3.8, 4) is 39.5 Å². The van der Waals surface area contributed by atoms with Crippen LogP contribution in [0, 0.1) is 18.1 Å². The Labute approximate surface area is 363 Å². The molecule has 0 atom stereocenters. The van der Waals surface area contributed by atoms with Gasteiger partial charge in [0, 0.05) is 48.5 Å². The van der Waals surface area contributed by atoms with Gasteiger partial charge in [0.25, 0.3) is 0 Å². The quantitative estimate of drug-likeness (QED) is 0.118. The van der Waals surface area contributed by atoms with E-state index in [1.54, 1.807) is 0 Å². The fraction of sp³-hybridized carbons (Fsp3) is 0.212. The van der Waals surface area contributed by atoms with Crippen molar-refractivity contribution in [1.29, 1.82) is 0 Å². The van der Waals surface area contributed by atoms with Gasteiger partial charge in [-0.25, -0.2) is 4.98 Å². The molecule has 0 aliphatic carbocycles. The third-order valence-corrected chi connectivity index (χ3v) is 12.5. The third kappa shape index (κ3) is 8.94. The summed E-state index contributed by atoms with van der Waals surface area (Å²) in [7, 11) is -1.34. The van der Waals surface area contributed by atoms with Crippen molar-refractivity contribution >= 4 is 46.4 Å². The zero-order valence-corrected chi connectivity index (χ0v) is 38.5. The molecule has 1 radical (unpaired) electrons. The fourth-order valence-corrected chi connectivity index (χ4v) is 9.12. The number of hydrogen-bond donors (Lipinski definition) is 0. The summed E-state index contributed by atoms with van der Waals surface area (Å²) in [5.74, 6) is 1.51. The van der Waals surface area contributed by atoms with E-state index >= 15 is 0 Å². The van der Waals surface area contributed by atoms with Crippen LogP contribution >= 0.6 is 0 Å². The molecule has 0 aliphatic rings. The van der Waals surface area contributed by atoms with Crippen LogP contribution in [0.15, 0.2) is 144 Å². The number of furan rings is 1. The number of imidazole rings is 1. The van der Waals surface area contributed by atoms with Crippen molar-refractivity contribution in [2.24, 2.45) is 5.92 Å². The van der Waals surface area contributed by atoms with Crippen molar-refractivity contribution in [3.05, 3.63) is 163 Å². The van der Waals surface area contributed by atoms with Gasteiger partial charge in [0.15, 0.2) is 0 Å². The fourth-order valence-electron chi connectivity index (χ4n) is 7.53. The minimum atomic E-state index is -1.34. The molecule has 0 spiro atoms. The molecule has 9 aromatic rings. The molecule has 0 N–H and O–H groups in total. The first-order valence-corrected chi connectivity index (χ1v) is 23.7. The van der Waals surface area contributed by atoms with Crippen LogP contribution in [0.2, 0.25) is 19.6 Å². The molecule has 4 aromatic heterocycles. The summed E-state index contributed by atoms with van der Waals surface area (Å²) in [5, 5.41) is 3.50. The number of pyridine rings is 2. The second-order valence-electron chi connectivity index (χ2n) is 17.5. The van der Waals surface area contributed by atoms with Crippen molar-refractivity contribution < 1.29 is 24.5 Å². The summed E-state index contributed by atoms with van der Waals surface area (Å²) < 4.78 is 8.35. The maximum absolute atomic E-state index is 6.14. The second-order valence-corrected chi connectivity index (χ2v) is 22.6. The first-order valence-electron chi connectivity index (χ1n) is 20.2. The molecule has 0 aliphatic heterocycles. The Kier molecular flexibility index (Phi) is 12.0. The second kappa shape index (κ2) is 17.0. The monoisotopic (exact) mass is 967 g/mol. The normalized spacial score (nSPS) is 11.8. The molecular weight excluding hydrogens is 917 g/mol. The van der Waals surface area contributed by atoms with E-state index < -0.39 is 8.07 Å². The number of fused-ring (bicyclic) bond motifs is 4. The van der Waals surface area contributed by atoms with Crippen LogP contribution in [-0.4, -0.2) is 27.6 Å². The molecule has 0 saturated heterocycles. The summed E-state index contributed by atoms with van der Waals surface area (Å²) in [6.45, 7) is 18.2. The van der Waals surface area contributed by atoms with Crippen molar-refractivity contribution in [2.45, 2.75) is 66.1 Å². The Morgan fingerprint density at radius 2 is 1.44 bits per heavy atom. The van der Waals surface area contributed by atoms with Gasteiger partial charge in [-0.1, -0.05) is 126 Å². The number of nitrogens with zero attached hydrogens (tertiary/aromatic N) is 4. The topological polar surface area (TPSA) is 56.7 Å². The van der Waals surface area contributed by atoms with Crippen LogP contribution in [0.4, 0.5) is 0 Å². The number of para-hydroxylation sites is 2. The molecule has 0 fully saturated rings.